The van der Waals surface area contributed by atoms with Crippen molar-refractivity contribution in [2.45, 2.75) is 381 Å². The molecule has 9 nitrogen and oxygen atoms in total. The van der Waals surface area contributed by atoms with Gasteiger partial charge in [0.1, 0.15) is 19.8 Å². The molecule has 0 rings (SSSR count). The number of aliphatic hydroxyl groups excluding tert-OH is 1. The van der Waals surface area contributed by atoms with Crippen molar-refractivity contribution in [3.63, 3.8) is 0 Å². The molecule has 0 aliphatic heterocycles. The van der Waals surface area contributed by atoms with E-state index in [1.165, 1.54) is 280 Å². The molecule has 3 atom stereocenters. The van der Waals surface area contributed by atoms with E-state index in [0.717, 1.165) is 100 Å². The molecule has 0 aromatic rings. The highest BCUT2D eigenvalue weighted by molar-refractivity contribution is 9.10. The van der Waals surface area contributed by atoms with E-state index in [0.29, 0.717) is 63.9 Å². The van der Waals surface area contributed by atoms with Crippen LogP contribution in [0.15, 0.2) is 0 Å². The van der Waals surface area contributed by atoms with Crippen LogP contribution in [0.1, 0.15) is 374 Å². The monoisotopic (exact) mass is 1630 g/mol. The summed E-state index contributed by atoms with van der Waals surface area (Å²) in [6, 6.07) is 0. The number of rotatable bonds is 87. The van der Waals surface area contributed by atoms with Crippen molar-refractivity contribution < 1.29 is 38.4 Å². The van der Waals surface area contributed by atoms with E-state index in [4.69, 9.17) is 18.9 Å². The molecule has 0 saturated carbocycles. The van der Waals surface area contributed by atoms with Gasteiger partial charge < -0.3 is 29.0 Å². The number of hydrogen-bond acceptors (Lipinski definition) is 21. The highest BCUT2D eigenvalue weighted by Crippen LogP contribution is 2.38. The average molecular weight is 1630 g/mol. The molecule has 0 aliphatic carbocycles. The maximum Gasteiger partial charge on any atom is 0.305 e. The summed E-state index contributed by atoms with van der Waals surface area (Å²) in [6.45, 7) is 12.9. The zero-order valence-electron chi connectivity index (χ0n) is 65.0. The fourth-order valence-corrected chi connectivity index (χ4v) is 26.8. The van der Waals surface area contributed by atoms with Crippen LogP contribution in [0.5, 0.6) is 0 Å². The first-order valence-electron chi connectivity index (χ1n) is 41.3. The Morgan fingerprint density at radius 3 is 0.900 bits per heavy atom. The summed E-state index contributed by atoms with van der Waals surface area (Å²) in [7, 11) is 24.5. The molecule has 0 aromatic heterocycles. The summed E-state index contributed by atoms with van der Waals surface area (Å²) in [6.07, 6.45) is 64.9. The standard InChI is InChI=1S/C79H155NO8S12/c1-6-10-14-18-22-26-30-34-38-46-66-89-97-93-70-62-85-76(81)52-43-42-50-75(55-58-79(84)88-65-73-96-100-92-69-49-41-37-33-29-25-21-17-13-9-4)59-61-80(5)60-45-44-51-74(53-56-77(82)86-63-71-94-98-90-67-47-39-35-31-27-23-19-15-11-7-2)54-57-78(83)87-64-72-95-99-91-68-48-40-36-32-28-24-20-16-12-8-3/h74-75,77,82H,6-73H2,1-5H3. The largest absolute Gasteiger partial charge is 0.465 e. The summed E-state index contributed by atoms with van der Waals surface area (Å²) in [5.41, 5.74) is 0. The Kier molecular flexibility index (Phi) is 90.9. The average Bonchev–Trinajstić information content (AvgIpc) is 1.93. The normalized spacial score (nSPS) is 12.6. The van der Waals surface area contributed by atoms with E-state index in [9.17, 15) is 19.5 Å². The minimum absolute atomic E-state index is 0.101. The molecule has 0 saturated heterocycles. The van der Waals surface area contributed by atoms with Gasteiger partial charge in [-0.15, -0.1) is 0 Å². The summed E-state index contributed by atoms with van der Waals surface area (Å²) < 4.78 is 23.0. The quantitative estimate of drug-likeness (QED) is 0.0205. The van der Waals surface area contributed by atoms with Crippen LogP contribution in [0.3, 0.4) is 0 Å². The van der Waals surface area contributed by atoms with Gasteiger partial charge in [-0.05, 0) is 142 Å². The fraction of sp³-hybridized carbons (Fsp3) is 0.962. The molecular weight excluding hydrogens is 1480 g/mol. The molecule has 0 aliphatic rings. The molecule has 0 aromatic carbocycles. The van der Waals surface area contributed by atoms with Crippen LogP contribution in [0.2, 0.25) is 0 Å². The second-order valence-electron chi connectivity index (χ2n) is 27.8. The summed E-state index contributed by atoms with van der Waals surface area (Å²) >= 11 is 0. The van der Waals surface area contributed by atoms with Crippen LogP contribution in [0, 0.1) is 11.8 Å². The number of nitrogens with zero attached hydrogens (tertiary/aromatic N) is 1. The fourth-order valence-electron chi connectivity index (χ4n) is 12.0. The Morgan fingerprint density at radius 1 is 0.280 bits per heavy atom. The Balaban J connectivity index is 5.09. The minimum Gasteiger partial charge on any atom is -0.465 e. The van der Waals surface area contributed by atoms with Gasteiger partial charge >= 0.3 is 17.9 Å². The molecule has 0 bridgehead atoms. The van der Waals surface area contributed by atoms with Gasteiger partial charge in [-0.3, -0.25) is 14.4 Å². The molecule has 596 valence electrons. The van der Waals surface area contributed by atoms with E-state index in [2.05, 4.69) is 39.6 Å². The Morgan fingerprint density at radius 2 is 0.560 bits per heavy atom. The molecule has 0 radical (unpaired) electrons. The highest BCUT2D eigenvalue weighted by atomic mass is 33.5. The first-order valence-corrected chi connectivity index (χ1v) is 56.6. The maximum atomic E-state index is 13.1. The lowest BCUT2D eigenvalue weighted by Crippen LogP contribution is -2.23. The van der Waals surface area contributed by atoms with Gasteiger partial charge in [0.25, 0.3) is 0 Å². The third-order valence-electron chi connectivity index (χ3n) is 18.4. The van der Waals surface area contributed by atoms with Gasteiger partial charge in [0, 0.05) is 65.3 Å². The highest BCUT2D eigenvalue weighted by Gasteiger charge is 2.18. The third kappa shape index (κ3) is 84.5. The zero-order valence-corrected chi connectivity index (χ0v) is 74.8. The molecule has 1 N–H and O–H groups in total. The van der Waals surface area contributed by atoms with Gasteiger partial charge in [-0.2, -0.15) is 0 Å². The second kappa shape index (κ2) is 88.7. The molecule has 21 heteroatoms. The summed E-state index contributed by atoms with van der Waals surface area (Å²) in [4.78, 5) is 41.3. The van der Waals surface area contributed by atoms with Crippen molar-refractivity contribution in [1.29, 1.82) is 0 Å². The van der Waals surface area contributed by atoms with Crippen LogP contribution in [-0.4, -0.2) is 127 Å². The molecule has 0 heterocycles. The van der Waals surface area contributed by atoms with Crippen molar-refractivity contribution in [1.82, 2.24) is 4.90 Å². The van der Waals surface area contributed by atoms with Gasteiger partial charge in [0.15, 0.2) is 6.29 Å². The van der Waals surface area contributed by atoms with Crippen molar-refractivity contribution in [3.8, 4) is 0 Å². The minimum atomic E-state index is -0.797. The van der Waals surface area contributed by atoms with Crippen LogP contribution >= 0.6 is 126 Å². The van der Waals surface area contributed by atoms with E-state index in [1.54, 1.807) is 32.4 Å². The van der Waals surface area contributed by atoms with Crippen LogP contribution < -0.4 is 0 Å². The summed E-state index contributed by atoms with van der Waals surface area (Å²) in [5.74, 6) is 8.37. The molecule has 0 fully saturated rings. The molecule has 3 unspecified atom stereocenters. The van der Waals surface area contributed by atoms with Crippen LogP contribution in [0.4, 0.5) is 0 Å². The molecule has 0 amide bonds. The van der Waals surface area contributed by atoms with Crippen molar-refractivity contribution >= 4 is 144 Å². The van der Waals surface area contributed by atoms with Crippen molar-refractivity contribution in [2.24, 2.45) is 11.8 Å². The second-order valence-corrected chi connectivity index (χ2v) is 45.7. The molecular formula is C79H155NO8S12. The van der Waals surface area contributed by atoms with Gasteiger partial charge in [-0.25, -0.2) is 0 Å². The lowest BCUT2D eigenvalue weighted by atomic mass is 9.91. The van der Waals surface area contributed by atoms with E-state index in [-0.39, 0.29) is 17.9 Å². The number of ether oxygens (including phenoxy) is 4. The van der Waals surface area contributed by atoms with Crippen LogP contribution in [0.25, 0.3) is 0 Å². The Bertz CT molecular complexity index is 1650. The SMILES string of the molecule is CCCCCCCCCCCCSSSCCOC(=O)CCCCC(CCC(=O)OCCSSSCCCCCCCCCCCC)CCN(C)CCCCC(CCC(=O)OCCSSSCCCCCCCCCCCC)CCC(O)OCCSSSCCCCCCCCCCCC. The van der Waals surface area contributed by atoms with Crippen molar-refractivity contribution in [3.05, 3.63) is 0 Å². The number of hydrogen-bond donors (Lipinski definition) is 1. The smallest absolute Gasteiger partial charge is 0.305 e. The molecule has 100 heavy (non-hydrogen) atoms. The predicted octanol–water partition coefficient (Wildman–Crippen LogP) is 29.4. The van der Waals surface area contributed by atoms with Gasteiger partial charge in [-0.1, -0.05) is 371 Å². The first-order chi connectivity index (χ1) is 49.2. The summed E-state index contributed by atoms with van der Waals surface area (Å²) in [5, 5.41) is 10.9. The lowest BCUT2D eigenvalue weighted by molar-refractivity contribution is -0.144. The maximum absolute atomic E-state index is 13.1. The van der Waals surface area contributed by atoms with Gasteiger partial charge in [0.2, 0.25) is 0 Å². The topological polar surface area (TPSA) is 112 Å². The number of carbonyl (C=O) groups is 3. The first kappa shape index (κ1) is 102. The van der Waals surface area contributed by atoms with Crippen LogP contribution in [-0.2, 0) is 33.3 Å². The van der Waals surface area contributed by atoms with Gasteiger partial charge in [0.05, 0.1) is 6.61 Å². The number of esters is 3. The predicted molar refractivity (Wildman–Crippen MR) is 471 cm³/mol. The van der Waals surface area contributed by atoms with E-state index < -0.39 is 6.29 Å². The third-order valence-corrected chi connectivity index (χ3v) is 35.5. The number of unbranched alkanes of at least 4 members (excludes halogenated alkanes) is 38. The molecule has 0 spiro atoms. The number of aliphatic hydroxyl groups is 1. The lowest BCUT2D eigenvalue weighted by Gasteiger charge is -2.23. The van der Waals surface area contributed by atoms with E-state index in [1.807, 2.05) is 93.3 Å². The zero-order chi connectivity index (χ0) is 72.4. The Hall–Kier alpha value is 2.49. The Labute approximate surface area is 665 Å². The van der Waals surface area contributed by atoms with Crippen molar-refractivity contribution in [2.75, 3.05) is 92.6 Å². The van der Waals surface area contributed by atoms with E-state index >= 15 is 0 Å². The number of carbonyl (C=O) groups excluding carboxylic acids is 3.